The highest BCUT2D eigenvalue weighted by molar-refractivity contribution is 8.01. The number of carbonyl (C=O) groups excluding carboxylic acids is 1. The Labute approximate surface area is 191 Å². The summed E-state index contributed by atoms with van der Waals surface area (Å²) >= 11 is 2.80. The number of rotatable bonds is 9. The van der Waals surface area contributed by atoms with Gasteiger partial charge in [-0.3, -0.25) is 4.79 Å². The van der Waals surface area contributed by atoms with Crippen LogP contribution < -0.4 is 10.1 Å². The summed E-state index contributed by atoms with van der Waals surface area (Å²) in [5, 5.41) is 14.0. The first kappa shape index (κ1) is 23.4. The number of nitrogens with one attached hydrogen (secondary N) is 1. The molecule has 2 aromatic rings. The van der Waals surface area contributed by atoms with E-state index in [-0.39, 0.29) is 23.1 Å². The number of likely N-dealkylation sites (tertiary alicyclic amines) is 1. The number of carbonyl (C=O) groups is 2. The molecule has 2 N–H and O–H groups in total. The quantitative estimate of drug-likeness (QED) is 0.534. The van der Waals surface area contributed by atoms with Crippen molar-refractivity contribution in [1.29, 1.82) is 0 Å². The van der Waals surface area contributed by atoms with Crippen molar-refractivity contribution < 1.29 is 19.4 Å². The molecule has 1 unspecified atom stereocenters. The Kier molecular flexibility index (Phi) is 7.48. The van der Waals surface area contributed by atoms with E-state index in [0.717, 1.165) is 17.9 Å². The predicted octanol–water partition coefficient (Wildman–Crippen LogP) is 4.34. The van der Waals surface area contributed by atoms with Gasteiger partial charge in [0.05, 0.1) is 12.8 Å². The largest absolute Gasteiger partial charge is 0.495 e. The Morgan fingerprint density at radius 1 is 1.42 bits per heavy atom. The third kappa shape index (κ3) is 5.92. The predicted molar refractivity (Wildman–Crippen MR) is 125 cm³/mol. The van der Waals surface area contributed by atoms with Crippen molar-refractivity contribution in [3.05, 3.63) is 34.8 Å². The number of nitrogens with zero attached hydrogens (tertiary/aromatic N) is 2. The number of anilines is 1. The number of benzene rings is 1. The number of hydrogen-bond acceptors (Lipinski definition) is 7. The molecule has 1 aromatic carbocycles. The fraction of sp³-hybridized carbons (Fsp3) is 0.500. The molecule has 1 amide bonds. The van der Waals surface area contributed by atoms with Crippen LogP contribution in [0.3, 0.4) is 0 Å². The maximum Gasteiger partial charge on any atom is 0.355 e. The second-order valence-corrected chi connectivity index (χ2v) is 10.7. The van der Waals surface area contributed by atoms with Crippen molar-refractivity contribution in [2.45, 2.75) is 49.4 Å². The first-order valence-corrected chi connectivity index (χ1v) is 12.1. The minimum atomic E-state index is -1.02. The van der Waals surface area contributed by atoms with Gasteiger partial charge < -0.3 is 20.1 Å². The number of amides is 1. The van der Waals surface area contributed by atoms with Crippen molar-refractivity contribution in [2.24, 2.45) is 0 Å². The fourth-order valence-electron chi connectivity index (χ4n) is 3.51. The number of aromatic nitrogens is 1. The molecule has 1 aliphatic heterocycles. The lowest BCUT2D eigenvalue weighted by Gasteiger charge is -2.26. The molecule has 1 atom stereocenters. The second-order valence-electron chi connectivity index (χ2n) is 8.48. The first-order chi connectivity index (χ1) is 14.7. The third-order valence-electron chi connectivity index (χ3n) is 5.31. The second kappa shape index (κ2) is 9.91. The highest BCUT2D eigenvalue weighted by Gasteiger charge is 2.30. The van der Waals surface area contributed by atoms with Gasteiger partial charge in [0.2, 0.25) is 5.91 Å². The Morgan fingerprint density at radius 2 is 2.19 bits per heavy atom. The molecule has 1 fully saturated rings. The molecule has 0 radical (unpaired) electrons. The minimum absolute atomic E-state index is 0.0333. The molecule has 1 aromatic heterocycles. The molecule has 9 heteroatoms. The van der Waals surface area contributed by atoms with E-state index >= 15 is 0 Å². The van der Waals surface area contributed by atoms with Crippen molar-refractivity contribution >= 4 is 40.7 Å². The zero-order valence-corrected chi connectivity index (χ0v) is 19.9. The first-order valence-electron chi connectivity index (χ1n) is 10.2. The Hall–Kier alpha value is -2.26. The molecule has 1 saturated heterocycles. The van der Waals surface area contributed by atoms with Gasteiger partial charge in [-0.05, 0) is 29.5 Å². The number of aromatic carboxylic acids is 1. The Balaban J connectivity index is 1.59. The molecular weight excluding hydrogens is 434 g/mol. The van der Waals surface area contributed by atoms with Crippen LogP contribution in [0.2, 0.25) is 0 Å². The zero-order valence-electron chi connectivity index (χ0n) is 18.3. The van der Waals surface area contributed by atoms with E-state index in [9.17, 15) is 9.59 Å². The third-order valence-corrected chi connectivity index (χ3v) is 7.31. The smallest absolute Gasteiger partial charge is 0.355 e. The molecule has 0 aliphatic carbocycles. The molecule has 0 spiro atoms. The highest BCUT2D eigenvalue weighted by atomic mass is 32.2. The van der Waals surface area contributed by atoms with E-state index in [1.54, 1.807) is 7.11 Å². The van der Waals surface area contributed by atoms with Crippen LogP contribution in [0, 0.1) is 0 Å². The maximum absolute atomic E-state index is 12.4. The number of thioether (sulfide) groups is 1. The van der Waals surface area contributed by atoms with Gasteiger partial charge in [-0.15, -0.1) is 11.3 Å². The summed E-state index contributed by atoms with van der Waals surface area (Å²) < 4.78 is 6.23. The monoisotopic (exact) mass is 463 g/mol. The molecular formula is C22H29N3O4S2. The van der Waals surface area contributed by atoms with Gasteiger partial charge in [-0.25, -0.2) is 9.78 Å². The van der Waals surface area contributed by atoms with E-state index in [4.69, 9.17) is 9.84 Å². The number of hydrogen-bond donors (Lipinski definition) is 2. The number of carboxylic acids is 1. The van der Waals surface area contributed by atoms with Gasteiger partial charge in [0, 0.05) is 36.7 Å². The number of methoxy groups -OCH3 is 1. The molecule has 31 heavy (non-hydrogen) atoms. The molecule has 1 aliphatic rings. The van der Waals surface area contributed by atoms with Crippen molar-refractivity contribution in [1.82, 2.24) is 9.88 Å². The Bertz CT molecular complexity index is 939. The van der Waals surface area contributed by atoms with Crippen molar-refractivity contribution in [3.8, 4) is 5.75 Å². The van der Waals surface area contributed by atoms with Gasteiger partial charge >= 0.3 is 5.97 Å². The summed E-state index contributed by atoms with van der Waals surface area (Å²) in [4.78, 5) is 29.4. The molecule has 2 heterocycles. The lowest BCUT2D eigenvalue weighted by molar-refractivity contribution is -0.128. The van der Waals surface area contributed by atoms with Gasteiger partial charge in [-0.2, -0.15) is 0 Å². The van der Waals surface area contributed by atoms with E-state index in [1.807, 2.05) is 11.0 Å². The van der Waals surface area contributed by atoms with Gasteiger partial charge in [0.15, 0.2) is 10.0 Å². The minimum Gasteiger partial charge on any atom is -0.495 e. The van der Waals surface area contributed by atoms with E-state index < -0.39 is 5.97 Å². The molecule has 168 valence electrons. The highest BCUT2D eigenvalue weighted by Crippen LogP contribution is 2.32. The molecule has 7 nitrogen and oxygen atoms in total. The van der Waals surface area contributed by atoms with Crippen LogP contribution in [0.4, 0.5) is 5.69 Å². The average Bonchev–Trinajstić information content (AvgIpc) is 3.33. The van der Waals surface area contributed by atoms with Crippen LogP contribution in [0.1, 0.15) is 49.7 Å². The summed E-state index contributed by atoms with van der Waals surface area (Å²) in [6, 6.07) is 6.30. The van der Waals surface area contributed by atoms with Gasteiger partial charge in [0.25, 0.3) is 0 Å². The van der Waals surface area contributed by atoms with Crippen molar-refractivity contribution in [2.75, 3.05) is 31.3 Å². The fourth-order valence-corrected chi connectivity index (χ4v) is 5.32. The van der Waals surface area contributed by atoms with Crippen molar-refractivity contribution in [3.63, 3.8) is 0 Å². The van der Waals surface area contributed by atoms with Crippen LogP contribution >= 0.6 is 23.1 Å². The summed E-state index contributed by atoms with van der Waals surface area (Å²) in [6.07, 6.45) is 1.37. The lowest BCUT2D eigenvalue weighted by atomic mass is 9.87. The van der Waals surface area contributed by atoms with Crippen LogP contribution in [-0.2, 0) is 10.2 Å². The summed E-state index contributed by atoms with van der Waals surface area (Å²) in [5.41, 5.74) is 2.26. The van der Waals surface area contributed by atoms with E-state index in [0.29, 0.717) is 29.6 Å². The van der Waals surface area contributed by atoms with Crippen LogP contribution in [0.25, 0.3) is 0 Å². The SMILES string of the molecule is COc1ccc(C(C)(C)C)cc1NCC1CCC(=O)N1CCSc1nc(C(=O)O)cs1. The molecule has 0 bridgehead atoms. The van der Waals surface area contributed by atoms with E-state index in [1.165, 1.54) is 34.0 Å². The number of ether oxygens (including phenoxy) is 1. The summed E-state index contributed by atoms with van der Waals surface area (Å²) in [7, 11) is 1.66. The number of carboxylic acid groups (broad SMARTS) is 1. The van der Waals surface area contributed by atoms with Gasteiger partial charge in [-0.1, -0.05) is 38.6 Å². The van der Waals surface area contributed by atoms with Crippen LogP contribution in [0.5, 0.6) is 5.75 Å². The molecule has 3 rings (SSSR count). The molecule has 0 saturated carbocycles. The van der Waals surface area contributed by atoms with Crippen LogP contribution in [0.15, 0.2) is 27.9 Å². The maximum atomic E-state index is 12.4. The van der Waals surface area contributed by atoms with Crippen LogP contribution in [-0.4, -0.2) is 58.9 Å². The average molecular weight is 464 g/mol. The van der Waals surface area contributed by atoms with E-state index in [2.05, 4.69) is 43.2 Å². The zero-order chi connectivity index (χ0) is 22.6. The normalized spacial score (nSPS) is 16.6. The lowest BCUT2D eigenvalue weighted by Crippen LogP contribution is -2.39. The standard InChI is InChI=1S/C22H29N3O4S2/c1-22(2,3)14-5-7-18(29-4)16(11-14)23-12-15-6-8-19(26)25(15)9-10-30-21-24-17(13-31-21)20(27)28/h5,7,11,13,15,23H,6,8-10,12H2,1-4H3,(H,27,28). The number of thiazole rings is 1. The topological polar surface area (TPSA) is 91.8 Å². The summed E-state index contributed by atoms with van der Waals surface area (Å²) in [6.45, 7) is 7.79. The Morgan fingerprint density at radius 3 is 2.84 bits per heavy atom. The van der Waals surface area contributed by atoms with Gasteiger partial charge in [0.1, 0.15) is 5.75 Å². The summed E-state index contributed by atoms with van der Waals surface area (Å²) in [5.74, 6) is 0.609.